The molecule has 1 N–H and O–H groups in total. The van der Waals surface area contributed by atoms with Gasteiger partial charge in [-0.1, -0.05) is 36.8 Å². The van der Waals surface area contributed by atoms with E-state index >= 15 is 0 Å². The van der Waals surface area contributed by atoms with Gasteiger partial charge in [-0.05, 0) is 42.7 Å². The first-order chi connectivity index (χ1) is 16.4. The van der Waals surface area contributed by atoms with E-state index in [9.17, 15) is 23.1 Å². The monoisotopic (exact) mass is 484 g/mol. The van der Waals surface area contributed by atoms with Crippen molar-refractivity contribution >= 4 is 27.5 Å². The van der Waals surface area contributed by atoms with Gasteiger partial charge in [-0.3, -0.25) is 9.59 Å². The number of rotatable bonds is 7. The van der Waals surface area contributed by atoms with Crippen LogP contribution in [0.15, 0.2) is 65.1 Å². The van der Waals surface area contributed by atoms with Crippen molar-refractivity contribution in [3.63, 3.8) is 0 Å². The van der Waals surface area contributed by atoms with Crippen molar-refractivity contribution in [3.05, 3.63) is 71.3 Å². The van der Waals surface area contributed by atoms with Crippen LogP contribution in [0.3, 0.4) is 0 Å². The number of likely N-dealkylation sites (tertiary alicyclic amines) is 1. The molecule has 1 amide bonds. The van der Waals surface area contributed by atoms with Gasteiger partial charge >= 0.3 is 0 Å². The number of benzene rings is 2. The van der Waals surface area contributed by atoms with Gasteiger partial charge < -0.3 is 14.7 Å². The maximum Gasteiger partial charge on any atom is 0.295 e. The van der Waals surface area contributed by atoms with Gasteiger partial charge in [0.15, 0.2) is 0 Å². The molecule has 2 aliphatic rings. The number of hydrogen-bond acceptors (Lipinski definition) is 6. The van der Waals surface area contributed by atoms with E-state index in [0.717, 1.165) is 19.3 Å². The van der Waals surface area contributed by atoms with Crippen LogP contribution in [0.4, 0.5) is 0 Å². The summed E-state index contributed by atoms with van der Waals surface area (Å²) in [6.07, 6.45) is 2.69. The summed E-state index contributed by atoms with van der Waals surface area (Å²) < 4.78 is 32.4. The predicted octanol–water partition coefficient (Wildman–Crippen LogP) is 2.93. The molecule has 2 aromatic carbocycles. The summed E-state index contributed by atoms with van der Waals surface area (Å²) in [6.45, 7) is 1.40. The zero-order valence-electron chi connectivity index (χ0n) is 19.0. The standard InChI is InChI=1S/C25H28N2O6S/c1-33-17-16-27-22(18-8-4-2-5-9-18)21(24(29)25(27)30)23(28)19-10-12-20(13-11-19)34(31,32)26-14-6-3-7-15-26/h2,4-5,8-13,22,28H,3,6-7,14-17H2,1H3/b23-21-. The maximum absolute atomic E-state index is 13.0. The fraction of sp³-hybridized carbons (Fsp3) is 0.360. The molecule has 8 nitrogen and oxygen atoms in total. The van der Waals surface area contributed by atoms with Crippen LogP contribution in [0.25, 0.3) is 5.76 Å². The Morgan fingerprint density at radius 2 is 1.65 bits per heavy atom. The van der Waals surface area contributed by atoms with E-state index in [1.54, 1.807) is 24.3 Å². The van der Waals surface area contributed by atoms with Gasteiger partial charge in [-0.15, -0.1) is 0 Å². The molecule has 0 saturated carbocycles. The van der Waals surface area contributed by atoms with Crippen molar-refractivity contribution in [1.29, 1.82) is 0 Å². The zero-order valence-corrected chi connectivity index (χ0v) is 19.8. The quantitative estimate of drug-likeness (QED) is 0.368. The highest BCUT2D eigenvalue weighted by atomic mass is 32.2. The number of amides is 1. The fourth-order valence-electron chi connectivity index (χ4n) is 4.48. The third-order valence-electron chi connectivity index (χ3n) is 6.27. The molecule has 0 aliphatic carbocycles. The van der Waals surface area contributed by atoms with E-state index in [1.807, 2.05) is 6.07 Å². The average Bonchev–Trinajstić information content (AvgIpc) is 3.13. The summed E-state index contributed by atoms with van der Waals surface area (Å²) >= 11 is 0. The number of nitrogens with zero attached hydrogens (tertiary/aromatic N) is 2. The first-order valence-electron chi connectivity index (χ1n) is 11.3. The summed E-state index contributed by atoms with van der Waals surface area (Å²) in [7, 11) is -2.12. The molecule has 0 bridgehead atoms. The van der Waals surface area contributed by atoms with Gasteiger partial charge in [0.1, 0.15) is 5.76 Å². The van der Waals surface area contributed by atoms with Crippen LogP contribution in [0, 0.1) is 0 Å². The normalized spacial score (nSPS) is 21.2. The topological polar surface area (TPSA) is 104 Å². The fourth-order valence-corrected chi connectivity index (χ4v) is 5.99. The Morgan fingerprint density at radius 3 is 2.26 bits per heavy atom. The second-order valence-electron chi connectivity index (χ2n) is 8.39. The molecular weight excluding hydrogens is 456 g/mol. The number of carbonyl (C=O) groups is 2. The molecule has 2 heterocycles. The number of hydrogen-bond donors (Lipinski definition) is 1. The summed E-state index contributed by atoms with van der Waals surface area (Å²) in [5.74, 6) is -1.83. The lowest BCUT2D eigenvalue weighted by atomic mass is 9.95. The molecule has 180 valence electrons. The van der Waals surface area contributed by atoms with Crippen molar-refractivity contribution in [2.24, 2.45) is 0 Å². The number of Topliss-reactive ketones (excluding diaryl/α,β-unsaturated/α-hetero) is 1. The third-order valence-corrected chi connectivity index (χ3v) is 8.19. The number of aliphatic hydroxyl groups is 1. The summed E-state index contributed by atoms with van der Waals surface area (Å²) in [5.41, 5.74) is 0.922. The van der Waals surface area contributed by atoms with Crippen LogP contribution >= 0.6 is 0 Å². The Labute approximate surface area is 199 Å². The lowest BCUT2D eigenvalue weighted by Gasteiger charge is -2.26. The minimum Gasteiger partial charge on any atom is -0.507 e. The molecule has 4 rings (SSSR count). The molecular formula is C25H28N2O6S. The highest BCUT2D eigenvalue weighted by Gasteiger charge is 2.45. The molecule has 2 aliphatic heterocycles. The largest absolute Gasteiger partial charge is 0.507 e. The molecule has 0 aromatic heterocycles. The Kier molecular flexibility index (Phi) is 7.16. The number of methoxy groups -OCH3 is 1. The van der Waals surface area contributed by atoms with Gasteiger partial charge in [0.05, 0.1) is 23.1 Å². The molecule has 2 fully saturated rings. The van der Waals surface area contributed by atoms with Crippen molar-refractivity contribution in [2.75, 3.05) is 33.4 Å². The number of sulfonamides is 1. The van der Waals surface area contributed by atoms with Gasteiger partial charge in [-0.2, -0.15) is 4.31 Å². The van der Waals surface area contributed by atoms with Crippen LogP contribution in [0.1, 0.15) is 36.4 Å². The summed E-state index contributed by atoms with van der Waals surface area (Å²) in [4.78, 5) is 27.3. The number of piperidine rings is 1. The average molecular weight is 485 g/mol. The molecule has 34 heavy (non-hydrogen) atoms. The molecule has 0 spiro atoms. The number of aliphatic hydroxyl groups excluding tert-OH is 1. The summed E-state index contributed by atoms with van der Waals surface area (Å²) in [6, 6.07) is 14.0. The van der Waals surface area contributed by atoms with Crippen LogP contribution in [0.2, 0.25) is 0 Å². The van der Waals surface area contributed by atoms with E-state index in [-0.39, 0.29) is 34.9 Å². The van der Waals surface area contributed by atoms with Crippen LogP contribution in [-0.4, -0.2) is 67.8 Å². The Hall–Kier alpha value is -3.01. The highest BCUT2D eigenvalue weighted by molar-refractivity contribution is 7.89. The van der Waals surface area contributed by atoms with Crippen LogP contribution in [-0.2, 0) is 24.3 Å². The van der Waals surface area contributed by atoms with E-state index in [2.05, 4.69) is 0 Å². The van der Waals surface area contributed by atoms with Gasteiger partial charge in [0.25, 0.3) is 11.7 Å². The molecule has 1 atom stereocenters. The van der Waals surface area contributed by atoms with Gasteiger partial charge in [-0.25, -0.2) is 8.42 Å². The second kappa shape index (κ2) is 10.1. The van der Waals surface area contributed by atoms with E-state index in [4.69, 9.17) is 4.74 Å². The lowest BCUT2D eigenvalue weighted by Crippen LogP contribution is -2.35. The Morgan fingerprint density at radius 1 is 1.00 bits per heavy atom. The number of carbonyl (C=O) groups excluding carboxylic acids is 2. The van der Waals surface area contributed by atoms with Crippen molar-refractivity contribution < 1.29 is 27.9 Å². The molecule has 9 heteroatoms. The minimum atomic E-state index is -3.62. The smallest absolute Gasteiger partial charge is 0.295 e. The SMILES string of the molecule is COCCN1C(=O)C(=O)/C(=C(\O)c2ccc(S(=O)(=O)N3CCCCC3)cc2)C1c1ccccc1. The minimum absolute atomic E-state index is 0.0288. The maximum atomic E-state index is 13.0. The Balaban J connectivity index is 1.72. The zero-order chi connectivity index (χ0) is 24.3. The van der Waals surface area contributed by atoms with Crippen LogP contribution < -0.4 is 0 Å². The van der Waals surface area contributed by atoms with Crippen molar-refractivity contribution in [2.45, 2.75) is 30.2 Å². The van der Waals surface area contributed by atoms with Gasteiger partial charge in [0.2, 0.25) is 10.0 Å². The van der Waals surface area contributed by atoms with Crippen LogP contribution in [0.5, 0.6) is 0 Å². The first kappa shape index (κ1) is 24.1. The molecule has 2 aromatic rings. The number of ether oxygens (including phenoxy) is 1. The molecule has 0 radical (unpaired) electrons. The second-order valence-corrected chi connectivity index (χ2v) is 10.3. The molecule has 2 saturated heterocycles. The number of ketones is 1. The summed E-state index contributed by atoms with van der Waals surface area (Å²) in [5, 5.41) is 11.1. The first-order valence-corrected chi connectivity index (χ1v) is 12.7. The Bertz CT molecular complexity index is 1190. The lowest BCUT2D eigenvalue weighted by molar-refractivity contribution is -0.140. The van der Waals surface area contributed by atoms with E-state index in [0.29, 0.717) is 18.7 Å². The van der Waals surface area contributed by atoms with E-state index in [1.165, 1.54) is 40.6 Å². The van der Waals surface area contributed by atoms with Gasteiger partial charge in [0, 0.05) is 32.3 Å². The van der Waals surface area contributed by atoms with Crippen molar-refractivity contribution in [1.82, 2.24) is 9.21 Å². The predicted molar refractivity (Wildman–Crippen MR) is 126 cm³/mol. The highest BCUT2D eigenvalue weighted by Crippen LogP contribution is 2.39. The van der Waals surface area contributed by atoms with Crippen molar-refractivity contribution in [3.8, 4) is 0 Å². The third kappa shape index (κ3) is 4.51. The van der Waals surface area contributed by atoms with E-state index < -0.39 is 27.8 Å². The molecule has 1 unspecified atom stereocenters.